The fraction of sp³-hybridized carbons (Fsp3) is 0.538. The summed E-state index contributed by atoms with van der Waals surface area (Å²) in [4.78, 5) is 0. The SMILES string of the molecule is CC(C)CC(CCl)NCc1ccc(F)cc1F. The standard InChI is InChI=1S/C13H18ClF2N/c1-9(2)5-12(7-14)17-8-10-3-4-11(15)6-13(10)16/h3-4,6,9,12,17H,5,7-8H2,1-2H3. The highest BCUT2D eigenvalue weighted by Crippen LogP contribution is 2.11. The molecular formula is C13H18ClF2N. The molecule has 0 aliphatic carbocycles. The first-order valence-corrected chi connectivity index (χ1v) is 6.29. The Hall–Kier alpha value is -0.670. The molecule has 1 rings (SSSR count). The average molecular weight is 262 g/mol. The molecule has 1 aromatic rings. The van der Waals surface area contributed by atoms with Crippen LogP contribution in [0.25, 0.3) is 0 Å². The molecule has 0 bridgehead atoms. The Morgan fingerprint density at radius 1 is 1.29 bits per heavy atom. The first-order chi connectivity index (χ1) is 8.02. The zero-order valence-electron chi connectivity index (χ0n) is 10.1. The van der Waals surface area contributed by atoms with Crippen molar-refractivity contribution in [2.45, 2.75) is 32.9 Å². The van der Waals surface area contributed by atoms with E-state index in [2.05, 4.69) is 19.2 Å². The fourth-order valence-corrected chi connectivity index (χ4v) is 1.92. The van der Waals surface area contributed by atoms with Crippen molar-refractivity contribution in [2.24, 2.45) is 5.92 Å². The number of alkyl halides is 1. The largest absolute Gasteiger partial charge is 0.309 e. The molecule has 1 unspecified atom stereocenters. The molecule has 1 N–H and O–H groups in total. The van der Waals surface area contributed by atoms with Gasteiger partial charge in [0.15, 0.2) is 0 Å². The quantitative estimate of drug-likeness (QED) is 0.770. The van der Waals surface area contributed by atoms with Gasteiger partial charge in [-0.15, -0.1) is 11.6 Å². The van der Waals surface area contributed by atoms with Crippen molar-refractivity contribution in [1.82, 2.24) is 5.32 Å². The molecule has 17 heavy (non-hydrogen) atoms. The summed E-state index contributed by atoms with van der Waals surface area (Å²) in [6.45, 7) is 4.59. The van der Waals surface area contributed by atoms with Gasteiger partial charge in [0.2, 0.25) is 0 Å². The maximum atomic E-state index is 13.4. The fourth-order valence-electron chi connectivity index (χ4n) is 1.69. The van der Waals surface area contributed by atoms with Crippen molar-refractivity contribution in [3.05, 3.63) is 35.4 Å². The lowest BCUT2D eigenvalue weighted by Crippen LogP contribution is -2.31. The Labute approximate surface area is 106 Å². The van der Waals surface area contributed by atoms with Crippen LogP contribution in [0, 0.1) is 17.6 Å². The number of rotatable bonds is 6. The minimum Gasteiger partial charge on any atom is -0.309 e. The van der Waals surface area contributed by atoms with E-state index in [0.717, 1.165) is 12.5 Å². The van der Waals surface area contributed by atoms with Crippen LogP contribution in [0.1, 0.15) is 25.8 Å². The minimum absolute atomic E-state index is 0.154. The molecule has 1 nitrogen and oxygen atoms in total. The lowest BCUT2D eigenvalue weighted by molar-refractivity contribution is 0.439. The lowest BCUT2D eigenvalue weighted by atomic mass is 10.0. The highest BCUT2D eigenvalue weighted by Gasteiger charge is 2.10. The van der Waals surface area contributed by atoms with Gasteiger partial charge in [-0.25, -0.2) is 8.78 Å². The Morgan fingerprint density at radius 2 is 2.00 bits per heavy atom. The smallest absolute Gasteiger partial charge is 0.130 e. The van der Waals surface area contributed by atoms with Gasteiger partial charge < -0.3 is 5.32 Å². The molecule has 1 atom stereocenters. The van der Waals surface area contributed by atoms with Crippen LogP contribution < -0.4 is 5.32 Å². The van der Waals surface area contributed by atoms with E-state index in [1.54, 1.807) is 0 Å². The van der Waals surface area contributed by atoms with Crippen LogP contribution in [0.5, 0.6) is 0 Å². The monoisotopic (exact) mass is 261 g/mol. The maximum absolute atomic E-state index is 13.4. The van der Waals surface area contributed by atoms with Crippen LogP contribution in [0.2, 0.25) is 0 Å². The topological polar surface area (TPSA) is 12.0 Å². The zero-order chi connectivity index (χ0) is 12.8. The summed E-state index contributed by atoms with van der Waals surface area (Å²) in [5.74, 6) is -0.0527. The van der Waals surface area contributed by atoms with Gasteiger partial charge in [0.1, 0.15) is 11.6 Å². The highest BCUT2D eigenvalue weighted by atomic mass is 35.5. The summed E-state index contributed by atoms with van der Waals surface area (Å²) in [7, 11) is 0. The Balaban J connectivity index is 2.53. The first kappa shape index (κ1) is 14.4. The minimum atomic E-state index is -0.553. The summed E-state index contributed by atoms with van der Waals surface area (Å²) in [6.07, 6.45) is 0.937. The Kier molecular flexibility index (Phi) is 5.86. The van der Waals surface area contributed by atoms with Gasteiger partial charge in [-0.3, -0.25) is 0 Å². The van der Waals surface area contributed by atoms with E-state index in [1.807, 2.05) is 0 Å². The molecule has 0 radical (unpaired) electrons. The number of benzene rings is 1. The van der Waals surface area contributed by atoms with Crippen molar-refractivity contribution < 1.29 is 8.78 Å². The van der Waals surface area contributed by atoms with Gasteiger partial charge in [-0.2, -0.15) is 0 Å². The summed E-state index contributed by atoms with van der Waals surface area (Å²) in [6, 6.07) is 3.77. The van der Waals surface area contributed by atoms with Gasteiger partial charge in [-0.1, -0.05) is 19.9 Å². The second kappa shape index (κ2) is 6.92. The van der Waals surface area contributed by atoms with Gasteiger partial charge >= 0.3 is 0 Å². The number of hydrogen-bond donors (Lipinski definition) is 1. The molecule has 0 saturated carbocycles. The van der Waals surface area contributed by atoms with Gasteiger partial charge in [0.05, 0.1) is 0 Å². The predicted octanol–water partition coefficient (Wildman–Crippen LogP) is 3.71. The molecule has 0 heterocycles. The maximum Gasteiger partial charge on any atom is 0.130 e. The van der Waals surface area contributed by atoms with E-state index < -0.39 is 11.6 Å². The summed E-state index contributed by atoms with van der Waals surface area (Å²) in [5.41, 5.74) is 0.463. The molecule has 1 aromatic carbocycles. The summed E-state index contributed by atoms with van der Waals surface area (Å²) < 4.78 is 26.1. The zero-order valence-corrected chi connectivity index (χ0v) is 10.9. The molecule has 0 aliphatic rings. The van der Waals surface area contributed by atoms with Crippen molar-refractivity contribution in [2.75, 3.05) is 5.88 Å². The summed E-state index contributed by atoms with van der Waals surface area (Å²) in [5, 5.41) is 3.18. The molecule has 0 aromatic heterocycles. The van der Waals surface area contributed by atoms with Crippen LogP contribution in [0.15, 0.2) is 18.2 Å². The second-order valence-electron chi connectivity index (χ2n) is 4.60. The molecule has 0 saturated heterocycles. The Morgan fingerprint density at radius 3 is 2.53 bits per heavy atom. The van der Waals surface area contributed by atoms with Crippen LogP contribution in [-0.2, 0) is 6.54 Å². The number of hydrogen-bond acceptors (Lipinski definition) is 1. The van der Waals surface area contributed by atoms with E-state index in [4.69, 9.17) is 11.6 Å². The van der Waals surface area contributed by atoms with Crippen molar-refractivity contribution in [1.29, 1.82) is 0 Å². The normalized spacial score (nSPS) is 13.1. The average Bonchev–Trinajstić information content (AvgIpc) is 2.25. The molecule has 4 heteroatoms. The van der Waals surface area contributed by atoms with Gasteiger partial charge in [0.25, 0.3) is 0 Å². The predicted molar refractivity (Wildman–Crippen MR) is 67.2 cm³/mol. The van der Waals surface area contributed by atoms with E-state index in [0.29, 0.717) is 23.9 Å². The van der Waals surface area contributed by atoms with Crippen molar-refractivity contribution >= 4 is 11.6 Å². The summed E-state index contributed by atoms with van der Waals surface area (Å²) >= 11 is 5.83. The third-order valence-corrected chi connectivity index (χ3v) is 2.91. The number of halogens is 3. The Bertz CT molecular complexity index is 355. The van der Waals surface area contributed by atoms with Crippen molar-refractivity contribution in [3.63, 3.8) is 0 Å². The third kappa shape index (κ3) is 5.00. The molecule has 0 amide bonds. The molecule has 0 aliphatic heterocycles. The van der Waals surface area contributed by atoms with E-state index >= 15 is 0 Å². The number of nitrogens with one attached hydrogen (secondary N) is 1. The van der Waals surface area contributed by atoms with Crippen LogP contribution >= 0.6 is 11.6 Å². The van der Waals surface area contributed by atoms with Crippen molar-refractivity contribution in [3.8, 4) is 0 Å². The molecular weight excluding hydrogens is 244 g/mol. The van der Waals surface area contributed by atoms with E-state index in [1.165, 1.54) is 12.1 Å². The first-order valence-electron chi connectivity index (χ1n) is 5.76. The van der Waals surface area contributed by atoms with E-state index in [9.17, 15) is 8.78 Å². The van der Waals surface area contributed by atoms with Gasteiger partial charge in [-0.05, 0) is 18.4 Å². The third-order valence-electron chi connectivity index (χ3n) is 2.54. The van der Waals surface area contributed by atoms with Crippen LogP contribution in [-0.4, -0.2) is 11.9 Å². The van der Waals surface area contributed by atoms with Gasteiger partial charge in [0, 0.05) is 30.1 Å². The van der Waals surface area contributed by atoms with E-state index in [-0.39, 0.29) is 6.04 Å². The van der Waals surface area contributed by atoms with Crippen LogP contribution in [0.4, 0.5) is 8.78 Å². The molecule has 96 valence electrons. The lowest BCUT2D eigenvalue weighted by Gasteiger charge is -2.18. The van der Waals surface area contributed by atoms with Crippen LogP contribution in [0.3, 0.4) is 0 Å². The highest BCUT2D eigenvalue weighted by molar-refractivity contribution is 6.18. The molecule has 0 spiro atoms. The molecule has 0 fully saturated rings. The second-order valence-corrected chi connectivity index (χ2v) is 4.91.